The van der Waals surface area contributed by atoms with E-state index in [0.29, 0.717) is 23.5 Å². The average molecular weight is 1180 g/mol. The van der Waals surface area contributed by atoms with E-state index in [1.165, 1.54) is 31.4 Å². The Bertz CT molecular complexity index is 2720. The number of fused-ring (bicyclic) bond motifs is 29. The van der Waals surface area contributed by atoms with Crippen LogP contribution in [0.3, 0.4) is 0 Å². The third kappa shape index (κ3) is 25.4. The number of carboxylic acids is 2. The summed E-state index contributed by atoms with van der Waals surface area (Å²) in [4.78, 5) is 154. The first-order chi connectivity index (χ1) is 40.1. The zero-order valence-electron chi connectivity index (χ0n) is 48.5. The lowest BCUT2D eigenvalue weighted by Crippen LogP contribution is -2.54. The topological polar surface area (TPSA) is 315 Å². The van der Waals surface area contributed by atoms with Crippen molar-refractivity contribution in [3.63, 3.8) is 0 Å². The molecule has 2 bridgehead atoms. The van der Waals surface area contributed by atoms with E-state index in [2.05, 4.69) is 21.3 Å². The molecular weight excluding hydrogens is 1100 g/mol. The highest BCUT2D eigenvalue weighted by atomic mass is 32.2. The van der Waals surface area contributed by atoms with Crippen LogP contribution in [0.1, 0.15) is 118 Å². The monoisotopic (exact) mass is 1180 g/mol. The molecule has 1 saturated carbocycles. The molecule has 0 aromatic heterocycles. The van der Waals surface area contributed by atoms with E-state index >= 15 is 0 Å². The van der Waals surface area contributed by atoms with Crippen LogP contribution in [0.15, 0.2) is 84.9 Å². The molecule has 22 nitrogen and oxygen atoms in total. The molecule has 0 saturated heterocycles. The predicted molar refractivity (Wildman–Crippen MR) is 316 cm³/mol. The Balaban J connectivity index is 1.51. The summed E-state index contributed by atoms with van der Waals surface area (Å²) in [7, 11) is 0. The van der Waals surface area contributed by atoms with Crippen molar-refractivity contribution in [2.75, 3.05) is 58.1 Å². The van der Waals surface area contributed by atoms with Gasteiger partial charge in [0.1, 0.15) is 0 Å². The van der Waals surface area contributed by atoms with Gasteiger partial charge in [0, 0.05) is 87.4 Å². The number of primary amides is 1. The van der Waals surface area contributed by atoms with Gasteiger partial charge in [-0.05, 0) is 86.1 Å². The van der Waals surface area contributed by atoms with E-state index < -0.39 is 129 Å². The summed E-state index contributed by atoms with van der Waals surface area (Å²) in [5.41, 5.74) is 8.43. The van der Waals surface area contributed by atoms with E-state index in [4.69, 9.17) is 5.73 Å². The summed E-state index contributed by atoms with van der Waals surface area (Å²) in [6.07, 6.45) is 1.91. The average Bonchev–Trinajstić information content (AvgIpc) is 4.42. The van der Waals surface area contributed by atoms with Gasteiger partial charge in [-0.15, -0.1) is 0 Å². The number of nitrogens with zero attached hydrogens (tertiary/aromatic N) is 4. The lowest BCUT2D eigenvalue weighted by Gasteiger charge is -2.31. The fourth-order valence-electron chi connectivity index (χ4n) is 9.73. The Morgan fingerprint density at radius 1 is 0.631 bits per heavy atom. The van der Waals surface area contributed by atoms with E-state index in [-0.39, 0.29) is 82.4 Å². The molecule has 0 spiro atoms. The molecule has 2 aliphatic heterocycles. The van der Waals surface area contributed by atoms with E-state index in [1.54, 1.807) is 31.2 Å². The summed E-state index contributed by atoms with van der Waals surface area (Å²) in [5.74, 6) is -6.51. The van der Waals surface area contributed by atoms with Gasteiger partial charge in [-0.2, -0.15) is 11.8 Å². The Labute approximate surface area is 495 Å². The zero-order chi connectivity index (χ0) is 61.1. The standard InChI is InChI=1S/C61H83N9O13S/c1-4-41(2)15-23-55(75)69-33-48(22-25-59(79)80)64-53(73)38-67(58(78)31-45-16-17-45)32-42(3)63-52(72)37-70(56(76)24-26-60(81)82)35-50(30-44-13-9-6-10-14-44)66-61(83)47-20-18-46(19-21-47)40-84-28-27-57(77)68(36-51(62)71)34-49(65-54(74)39-69)29-43-11-7-5-8-12-43/h5-14,18-21,41-42,45,48-50H,4,15-17,22-40H2,1-3H3,(H2,62,71)(H,63,72)(H,64,73)(H,65,74)(H,66,83)(H,79,80)(H,81,82). The van der Waals surface area contributed by atoms with Crippen LogP contribution in [0.2, 0.25) is 0 Å². The third-order valence-electron chi connectivity index (χ3n) is 14.6. The fraction of sp³-hybridized carbons (Fsp3) is 0.525. The van der Waals surface area contributed by atoms with Crippen LogP contribution in [-0.2, 0) is 66.5 Å². The fourth-order valence-corrected chi connectivity index (χ4v) is 10.6. The first-order valence-corrected chi connectivity index (χ1v) is 30.0. The first kappa shape index (κ1) is 67.0. The second-order valence-electron chi connectivity index (χ2n) is 22.1. The second kappa shape index (κ2) is 34.7. The SMILES string of the molecule is CCC(C)CCC(=O)N1CC(=O)NC(Cc2ccccc2)CN(CC(N)=O)C(=O)CCSCc2ccc(cc2)C(=O)NC(Cc2ccccc2)CN(C(=O)CCC(=O)O)CC(=O)NC(C)CN(C(=O)CC2CC2)CC(=O)NC(CCC(=O)O)C1. The largest absolute Gasteiger partial charge is 0.481 e. The normalized spacial score (nSPS) is 20.2. The van der Waals surface area contributed by atoms with Crippen molar-refractivity contribution >= 4 is 76.9 Å². The molecule has 0 radical (unpaired) electrons. The van der Waals surface area contributed by atoms with Gasteiger partial charge in [0.15, 0.2) is 0 Å². The minimum Gasteiger partial charge on any atom is -0.481 e. The number of thioether (sulfide) groups is 1. The number of hydrogen-bond donors (Lipinski definition) is 7. The summed E-state index contributed by atoms with van der Waals surface area (Å²) < 4.78 is 0. The number of carbonyl (C=O) groups is 11. The summed E-state index contributed by atoms with van der Waals surface area (Å²) in [6.45, 7) is 2.76. The molecule has 8 N–H and O–H groups in total. The molecule has 5 unspecified atom stereocenters. The quantitative estimate of drug-likeness (QED) is 0.0897. The number of aliphatic carboxylic acids is 2. The number of amides is 9. The number of rotatable bonds is 18. The zero-order valence-corrected chi connectivity index (χ0v) is 49.3. The molecule has 84 heavy (non-hydrogen) atoms. The minimum absolute atomic E-state index is 0.00188. The van der Waals surface area contributed by atoms with Crippen LogP contribution in [0.25, 0.3) is 0 Å². The summed E-state index contributed by atoms with van der Waals surface area (Å²) in [5, 5.41) is 31.0. The van der Waals surface area contributed by atoms with Crippen LogP contribution >= 0.6 is 11.8 Å². The highest BCUT2D eigenvalue weighted by Gasteiger charge is 2.32. The van der Waals surface area contributed by atoms with Gasteiger partial charge in [-0.1, -0.05) is 93.1 Å². The maximum absolute atomic E-state index is 14.3. The van der Waals surface area contributed by atoms with Crippen molar-refractivity contribution in [1.29, 1.82) is 0 Å². The maximum Gasteiger partial charge on any atom is 0.303 e. The molecule has 1 fully saturated rings. The molecule has 1 aliphatic carbocycles. The summed E-state index contributed by atoms with van der Waals surface area (Å²) in [6, 6.07) is 21.7. The maximum atomic E-state index is 14.3. The van der Waals surface area contributed by atoms with Crippen molar-refractivity contribution < 1.29 is 63.0 Å². The van der Waals surface area contributed by atoms with E-state index in [1.807, 2.05) is 74.5 Å². The van der Waals surface area contributed by atoms with Crippen molar-refractivity contribution in [2.45, 2.75) is 134 Å². The molecule has 6 rings (SSSR count). The lowest BCUT2D eigenvalue weighted by atomic mass is 10.0. The Hall–Kier alpha value is -7.82. The van der Waals surface area contributed by atoms with Crippen molar-refractivity contribution in [3.8, 4) is 0 Å². The van der Waals surface area contributed by atoms with Gasteiger partial charge >= 0.3 is 11.9 Å². The molecule has 9 amide bonds. The highest BCUT2D eigenvalue weighted by Crippen LogP contribution is 2.33. The van der Waals surface area contributed by atoms with Gasteiger partial charge in [0.2, 0.25) is 47.3 Å². The van der Waals surface area contributed by atoms with Gasteiger partial charge in [-0.3, -0.25) is 52.7 Å². The minimum atomic E-state index is -1.23. The number of carbonyl (C=O) groups excluding carboxylic acids is 9. The van der Waals surface area contributed by atoms with Crippen LogP contribution in [-0.4, -0.2) is 177 Å². The number of carboxylic acid groups (broad SMARTS) is 2. The van der Waals surface area contributed by atoms with Crippen LogP contribution in [0, 0.1) is 11.8 Å². The number of nitrogens with two attached hydrogens (primary N) is 1. The van der Waals surface area contributed by atoms with Gasteiger partial charge in [-0.25, -0.2) is 0 Å². The smallest absolute Gasteiger partial charge is 0.303 e. The number of benzene rings is 3. The number of hydrogen-bond acceptors (Lipinski definition) is 12. The van der Waals surface area contributed by atoms with Gasteiger partial charge < -0.3 is 56.8 Å². The van der Waals surface area contributed by atoms with Gasteiger partial charge in [0.05, 0.1) is 44.7 Å². The Morgan fingerprint density at radius 2 is 1.15 bits per heavy atom. The van der Waals surface area contributed by atoms with Crippen molar-refractivity contribution in [1.82, 2.24) is 40.9 Å². The van der Waals surface area contributed by atoms with Crippen LogP contribution < -0.4 is 27.0 Å². The molecule has 3 aromatic rings. The molecule has 3 aliphatic rings. The number of nitrogens with one attached hydrogen (secondary N) is 4. The van der Waals surface area contributed by atoms with Gasteiger partial charge in [0.25, 0.3) is 5.91 Å². The van der Waals surface area contributed by atoms with E-state index in [0.717, 1.165) is 36.0 Å². The molecule has 456 valence electrons. The van der Waals surface area contributed by atoms with Crippen LogP contribution in [0.4, 0.5) is 0 Å². The van der Waals surface area contributed by atoms with E-state index in [9.17, 15) is 63.0 Å². The molecular formula is C61H83N9O13S. The van der Waals surface area contributed by atoms with Crippen LogP contribution in [0.5, 0.6) is 0 Å². The predicted octanol–water partition coefficient (Wildman–Crippen LogP) is 3.54. The lowest BCUT2D eigenvalue weighted by molar-refractivity contribution is -0.142. The van der Waals surface area contributed by atoms with Crippen molar-refractivity contribution in [2.24, 2.45) is 17.6 Å². The molecule has 23 heteroatoms. The second-order valence-corrected chi connectivity index (χ2v) is 23.2. The highest BCUT2D eigenvalue weighted by molar-refractivity contribution is 7.98. The summed E-state index contributed by atoms with van der Waals surface area (Å²) >= 11 is 1.44. The molecule has 2 heterocycles. The Kier molecular flexibility index (Phi) is 27.7. The third-order valence-corrected chi connectivity index (χ3v) is 15.6. The first-order valence-electron chi connectivity index (χ1n) is 28.9. The Morgan fingerprint density at radius 3 is 1.70 bits per heavy atom. The van der Waals surface area contributed by atoms with Crippen molar-refractivity contribution in [3.05, 3.63) is 107 Å². The molecule has 3 aromatic carbocycles. The molecule has 5 atom stereocenters.